The molecule has 2 rings (SSSR count). The number of anilines is 1. The van der Waals surface area contributed by atoms with Crippen molar-refractivity contribution in [3.8, 4) is 0 Å². The molecule has 2 atom stereocenters. The van der Waals surface area contributed by atoms with Gasteiger partial charge in [0, 0.05) is 49.3 Å². The molecule has 1 unspecified atom stereocenters. The summed E-state index contributed by atoms with van der Waals surface area (Å²) in [5.74, 6) is -0.417. The molecule has 0 aromatic heterocycles. The molecule has 1 aromatic rings. The summed E-state index contributed by atoms with van der Waals surface area (Å²) >= 11 is 0. The number of hydrogen-bond donors (Lipinski definition) is 2. The Balaban J connectivity index is 2.06. The van der Waals surface area contributed by atoms with Crippen molar-refractivity contribution in [2.45, 2.75) is 79.3 Å². The molecule has 0 spiro atoms. The van der Waals surface area contributed by atoms with Crippen LogP contribution in [0.3, 0.4) is 0 Å². The Morgan fingerprint density at radius 1 is 1.26 bits per heavy atom. The van der Waals surface area contributed by atoms with Gasteiger partial charge in [0.05, 0.1) is 12.1 Å². The molecule has 1 saturated carbocycles. The van der Waals surface area contributed by atoms with Crippen molar-refractivity contribution in [3.05, 3.63) is 77.2 Å². The first kappa shape index (κ1) is 32.2. The van der Waals surface area contributed by atoms with E-state index in [0.717, 1.165) is 37.1 Å². The highest BCUT2D eigenvalue weighted by molar-refractivity contribution is 5.92. The molecule has 39 heavy (non-hydrogen) atoms. The lowest BCUT2D eigenvalue weighted by Crippen LogP contribution is -2.30. The molecule has 1 aliphatic rings. The summed E-state index contributed by atoms with van der Waals surface area (Å²) < 4.78 is 29.4. The molecule has 1 amide bonds. The van der Waals surface area contributed by atoms with E-state index in [0.29, 0.717) is 22.7 Å². The molecule has 1 aromatic carbocycles. The van der Waals surface area contributed by atoms with Crippen LogP contribution in [-0.4, -0.2) is 36.7 Å². The van der Waals surface area contributed by atoms with E-state index in [4.69, 9.17) is 0 Å². The topological polar surface area (TPSA) is 56.7 Å². The minimum atomic E-state index is -0.366. The molecule has 0 radical (unpaired) electrons. The van der Waals surface area contributed by atoms with Crippen LogP contribution < -0.4 is 10.6 Å². The molecular weight excluding hydrogens is 494 g/mol. The van der Waals surface area contributed by atoms with Crippen LogP contribution in [0.1, 0.15) is 78.8 Å². The molecule has 2 N–H and O–H groups in total. The van der Waals surface area contributed by atoms with Crippen LogP contribution in [0, 0.1) is 17.7 Å². The molecule has 5 nitrogen and oxygen atoms in total. The second-order valence-corrected chi connectivity index (χ2v) is 10.8. The predicted octanol–water partition coefficient (Wildman–Crippen LogP) is 7.87. The number of hydrogen-bond acceptors (Lipinski definition) is 4. The maximum Gasteiger partial charge on any atom is 0.228 e. The van der Waals surface area contributed by atoms with Crippen molar-refractivity contribution in [2.24, 2.45) is 16.8 Å². The molecule has 7 heteroatoms. The Bertz CT molecular complexity index is 1120. The summed E-state index contributed by atoms with van der Waals surface area (Å²) in [5, 5.41) is 6.17. The third-order valence-corrected chi connectivity index (χ3v) is 7.18. The number of carbonyl (C=O) groups is 1. The maximum atomic E-state index is 14.7. The van der Waals surface area contributed by atoms with Gasteiger partial charge in [0.25, 0.3) is 0 Å². The first-order chi connectivity index (χ1) is 18.4. The van der Waals surface area contributed by atoms with Crippen molar-refractivity contribution >= 4 is 17.8 Å². The fourth-order valence-electron chi connectivity index (χ4n) is 4.21. The van der Waals surface area contributed by atoms with Gasteiger partial charge in [0.1, 0.15) is 11.6 Å². The van der Waals surface area contributed by atoms with Crippen LogP contribution in [0.2, 0.25) is 0 Å². The number of nitrogens with zero attached hydrogens (tertiary/aromatic N) is 2. The first-order valence-corrected chi connectivity index (χ1v) is 14.0. The fourth-order valence-corrected chi connectivity index (χ4v) is 4.21. The average Bonchev–Trinajstić information content (AvgIpc) is 2.85. The van der Waals surface area contributed by atoms with E-state index in [1.54, 1.807) is 6.07 Å². The van der Waals surface area contributed by atoms with Gasteiger partial charge in [0.2, 0.25) is 5.91 Å². The van der Waals surface area contributed by atoms with Crippen LogP contribution in [0.15, 0.2) is 70.8 Å². The molecule has 0 bridgehead atoms. The highest BCUT2D eigenvalue weighted by Crippen LogP contribution is 2.35. The molecule has 1 aliphatic carbocycles. The van der Waals surface area contributed by atoms with Gasteiger partial charge in [-0.25, -0.2) is 8.78 Å². The summed E-state index contributed by atoms with van der Waals surface area (Å²) in [6.07, 6.45) is 9.88. The van der Waals surface area contributed by atoms with E-state index in [-0.39, 0.29) is 42.0 Å². The molecule has 0 saturated heterocycles. The third-order valence-electron chi connectivity index (χ3n) is 7.18. The number of amides is 1. The second-order valence-electron chi connectivity index (χ2n) is 10.8. The Morgan fingerprint density at radius 3 is 2.51 bits per heavy atom. The van der Waals surface area contributed by atoms with Gasteiger partial charge in [0.15, 0.2) is 0 Å². The Kier molecular flexibility index (Phi) is 12.8. The quantitative estimate of drug-likeness (QED) is 0.186. The first-order valence-electron chi connectivity index (χ1n) is 14.0. The number of allylic oxidation sites excluding steroid dienone is 5. The number of carbonyl (C=O) groups excluding carboxylic acids is 1. The number of rotatable bonds is 14. The van der Waals surface area contributed by atoms with Crippen molar-refractivity contribution in [1.29, 1.82) is 0 Å². The van der Waals surface area contributed by atoms with Gasteiger partial charge in [-0.05, 0) is 87.8 Å². The standard InChI is InChI=1S/C32H46F2N4O/c1-9-25(16-30(34)23(6)26-12-11-13-26)17-32(39)37-27-14-15-29(33)28(18-27)24(7)36-22(5)19-35-31(21(3)4)20-38(8)10-2/h9,14-16,18-22,24,26,36H,1,10-13,17H2,2-8H3,(H,37,39)/b25-16+,30-23-,31-20+,35-19?/t22?,24-/m0/s1. The van der Waals surface area contributed by atoms with Crippen LogP contribution >= 0.6 is 0 Å². The third kappa shape index (κ3) is 10.2. The number of benzene rings is 1. The Hall–Kier alpha value is -3.06. The number of halogens is 2. The number of nitrogens with one attached hydrogen (secondary N) is 2. The van der Waals surface area contributed by atoms with Gasteiger partial charge in [-0.2, -0.15) is 0 Å². The van der Waals surface area contributed by atoms with Crippen LogP contribution in [0.25, 0.3) is 0 Å². The SMILES string of the molecule is C=C/C(=C\C(F)=C(/C)C1CCC1)CC(=O)Nc1ccc(F)c([C@H](C)NC(C)C=N/C(=C/N(C)CC)C(C)C)c1. The largest absolute Gasteiger partial charge is 0.379 e. The van der Waals surface area contributed by atoms with Crippen LogP contribution in [0.4, 0.5) is 14.5 Å². The van der Waals surface area contributed by atoms with Gasteiger partial charge in [-0.3, -0.25) is 9.79 Å². The molecule has 0 heterocycles. The van der Waals surface area contributed by atoms with Gasteiger partial charge >= 0.3 is 0 Å². The van der Waals surface area contributed by atoms with Crippen molar-refractivity contribution < 1.29 is 13.6 Å². The zero-order valence-electron chi connectivity index (χ0n) is 24.7. The summed E-state index contributed by atoms with van der Waals surface area (Å²) in [4.78, 5) is 19.4. The maximum absolute atomic E-state index is 14.7. The van der Waals surface area contributed by atoms with E-state index in [1.165, 1.54) is 24.3 Å². The fraction of sp³-hybridized carbons (Fsp3) is 0.500. The van der Waals surface area contributed by atoms with E-state index < -0.39 is 0 Å². The van der Waals surface area contributed by atoms with Gasteiger partial charge < -0.3 is 15.5 Å². The lowest BCUT2D eigenvalue weighted by Gasteiger charge is -2.26. The minimum absolute atomic E-state index is 0.0260. The van der Waals surface area contributed by atoms with E-state index in [1.807, 2.05) is 40.2 Å². The van der Waals surface area contributed by atoms with E-state index in [2.05, 4.69) is 47.9 Å². The molecule has 1 fully saturated rings. The Labute approximate surface area is 233 Å². The predicted molar refractivity (Wildman–Crippen MR) is 160 cm³/mol. The smallest absolute Gasteiger partial charge is 0.228 e. The Morgan fingerprint density at radius 2 is 1.95 bits per heavy atom. The van der Waals surface area contributed by atoms with Crippen LogP contribution in [0.5, 0.6) is 0 Å². The summed E-state index contributed by atoms with van der Waals surface area (Å²) in [7, 11) is 2.01. The zero-order valence-corrected chi connectivity index (χ0v) is 24.7. The van der Waals surface area contributed by atoms with E-state index in [9.17, 15) is 13.6 Å². The monoisotopic (exact) mass is 540 g/mol. The lowest BCUT2D eigenvalue weighted by atomic mass is 9.80. The van der Waals surface area contributed by atoms with Crippen molar-refractivity contribution in [3.63, 3.8) is 0 Å². The van der Waals surface area contributed by atoms with Crippen molar-refractivity contribution in [2.75, 3.05) is 18.9 Å². The van der Waals surface area contributed by atoms with Gasteiger partial charge in [-0.15, -0.1) is 0 Å². The van der Waals surface area contributed by atoms with Gasteiger partial charge in [-0.1, -0.05) is 32.9 Å². The average molecular weight is 541 g/mol. The lowest BCUT2D eigenvalue weighted by molar-refractivity contribution is -0.115. The summed E-state index contributed by atoms with van der Waals surface area (Å²) in [5.41, 5.74) is 3.11. The highest BCUT2D eigenvalue weighted by Gasteiger charge is 2.21. The van der Waals surface area contributed by atoms with Crippen molar-refractivity contribution in [1.82, 2.24) is 10.2 Å². The summed E-state index contributed by atoms with van der Waals surface area (Å²) in [6.45, 7) is 16.5. The molecule has 214 valence electrons. The normalized spacial score (nSPS) is 17.1. The molecule has 0 aliphatic heterocycles. The highest BCUT2D eigenvalue weighted by atomic mass is 19.1. The summed E-state index contributed by atoms with van der Waals surface area (Å²) in [6, 6.07) is 4.06. The minimum Gasteiger partial charge on any atom is -0.379 e. The van der Waals surface area contributed by atoms with Crippen LogP contribution in [-0.2, 0) is 4.79 Å². The molecular formula is C32H46F2N4O. The second kappa shape index (κ2) is 15.5. The number of aliphatic imine (C=N–C) groups is 1. The zero-order chi connectivity index (χ0) is 29.1. The van der Waals surface area contributed by atoms with E-state index >= 15 is 0 Å².